The number of aryl methyl sites for hydroxylation is 1. The van der Waals surface area contributed by atoms with Crippen LogP contribution >= 0.6 is 0 Å². The first-order valence-electron chi connectivity index (χ1n) is 8.57. The molecule has 1 saturated heterocycles. The van der Waals surface area contributed by atoms with Crippen molar-refractivity contribution in [3.8, 4) is 11.5 Å². The molecule has 0 spiro atoms. The molecule has 4 rings (SSSR count). The third-order valence-electron chi connectivity index (χ3n) is 4.69. The molecule has 8 heteroatoms. The second-order valence-electron chi connectivity index (χ2n) is 6.35. The van der Waals surface area contributed by atoms with E-state index in [0.717, 1.165) is 5.69 Å². The minimum absolute atomic E-state index is 0.0683. The van der Waals surface area contributed by atoms with Gasteiger partial charge in [0.2, 0.25) is 6.10 Å². The summed E-state index contributed by atoms with van der Waals surface area (Å²) in [5, 5.41) is 4.05. The first kappa shape index (κ1) is 16.4. The Morgan fingerprint density at radius 2 is 1.88 bits per heavy atom. The molecule has 0 unspecified atom stereocenters. The van der Waals surface area contributed by atoms with E-state index < -0.39 is 6.10 Å². The lowest BCUT2D eigenvalue weighted by atomic mass is 10.2. The van der Waals surface area contributed by atoms with E-state index >= 15 is 0 Å². The lowest BCUT2D eigenvalue weighted by Gasteiger charge is -2.37. The molecule has 0 saturated carbocycles. The van der Waals surface area contributed by atoms with Crippen LogP contribution in [0.3, 0.4) is 0 Å². The second kappa shape index (κ2) is 6.70. The van der Waals surface area contributed by atoms with Gasteiger partial charge in [-0.25, -0.2) is 4.68 Å². The zero-order valence-electron chi connectivity index (χ0n) is 14.5. The van der Waals surface area contributed by atoms with E-state index in [9.17, 15) is 9.59 Å². The molecule has 2 aliphatic heterocycles. The topological polar surface area (TPSA) is 76.9 Å². The molecule has 2 aromatic rings. The van der Waals surface area contributed by atoms with Gasteiger partial charge in [0.15, 0.2) is 11.5 Å². The lowest BCUT2D eigenvalue weighted by Crippen LogP contribution is -2.54. The number of nitrogens with zero attached hydrogens (tertiary/aromatic N) is 4. The number of hydrogen-bond donors (Lipinski definition) is 0. The van der Waals surface area contributed by atoms with Crippen molar-refractivity contribution >= 4 is 11.6 Å². The summed E-state index contributed by atoms with van der Waals surface area (Å²) in [6, 6.07) is 8.92. The molecule has 136 valence electrons. The number of ether oxygens (including phenoxy) is 2. The van der Waals surface area contributed by atoms with Gasteiger partial charge in [-0.2, -0.15) is 5.10 Å². The Morgan fingerprint density at radius 1 is 1.15 bits per heavy atom. The van der Waals surface area contributed by atoms with Gasteiger partial charge in [0.25, 0.3) is 11.5 Å². The quantitative estimate of drug-likeness (QED) is 0.769. The normalized spacial score (nSPS) is 19.3. The standard InChI is InChI=1S/C18H20N4O4/c1-20-17(23)10-13(11-19-20)21-6-8-22(9-7-21)18(24)16-12-25-14-4-2-3-5-15(14)26-16/h2-5,10-11,16H,6-9,12H2,1H3/t16-/m1/s1. The molecule has 1 atom stereocenters. The van der Waals surface area contributed by atoms with E-state index in [0.29, 0.717) is 37.7 Å². The lowest BCUT2D eigenvalue weighted by molar-refractivity contribution is -0.141. The van der Waals surface area contributed by atoms with Gasteiger partial charge in [-0.05, 0) is 12.1 Å². The number of carbonyl (C=O) groups excluding carboxylic acids is 1. The maximum atomic E-state index is 12.7. The number of para-hydroxylation sites is 2. The number of anilines is 1. The van der Waals surface area contributed by atoms with Gasteiger partial charge in [0.05, 0.1) is 11.9 Å². The molecule has 1 aromatic heterocycles. The fourth-order valence-electron chi connectivity index (χ4n) is 3.16. The molecule has 0 N–H and O–H groups in total. The summed E-state index contributed by atoms with van der Waals surface area (Å²) in [7, 11) is 1.62. The van der Waals surface area contributed by atoms with Gasteiger partial charge in [-0.15, -0.1) is 0 Å². The van der Waals surface area contributed by atoms with Crippen LogP contribution in [0.4, 0.5) is 5.69 Å². The highest BCUT2D eigenvalue weighted by molar-refractivity contribution is 5.82. The van der Waals surface area contributed by atoms with Gasteiger partial charge in [0.1, 0.15) is 6.61 Å². The van der Waals surface area contributed by atoms with Gasteiger partial charge in [-0.1, -0.05) is 12.1 Å². The van der Waals surface area contributed by atoms with Crippen molar-refractivity contribution < 1.29 is 14.3 Å². The average molecular weight is 356 g/mol. The predicted molar refractivity (Wildman–Crippen MR) is 94.6 cm³/mol. The first-order chi connectivity index (χ1) is 12.6. The van der Waals surface area contributed by atoms with Crippen molar-refractivity contribution in [2.45, 2.75) is 6.10 Å². The number of piperazine rings is 1. The minimum atomic E-state index is -0.623. The van der Waals surface area contributed by atoms with Crippen molar-refractivity contribution in [1.82, 2.24) is 14.7 Å². The molecule has 1 amide bonds. The molecular weight excluding hydrogens is 336 g/mol. The van der Waals surface area contributed by atoms with E-state index in [1.165, 1.54) is 4.68 Å². The molecule has 2 aliphatic rings. The highest BCUT2D eigenvalue weighted by Gasteiger charge is 2.32. The zero-order valence-corrected chi connectivity index (χ0v) is 14.5. The fourth-order valence-corrected chi connectivity index (χ4v) is 3.16. The van der Waals surface area contributed by atoms with Crippen LogP contribution in [0.2, 0.25) is 0 Å². The first-order valence-corrected chi connectivity index (χ1v) is 8.57. The highest BCUT2D eigenvalue weighted by atomic mass is 16.6. The van der Waals surface area contributed by atoms with Crippen molar-refractivity contribution in [2.75, 3.05) is 37.7 Å². The summed E-state index contributed by atoms with van der Waals surface area (Å²) in [5.74, 6) is 1.20. The van der Waals surface area contributed by atoms with Gasteiger partial charge in [0, 0.05) is 39.3 Å². The van der Waals surface area contributed by atoms with Crippen LogP contribution in [0, 0.1) is 0 Å². The predicted octanol–water partition coefficient (Wildman–Crippen LogP) is 0.269. The maximum Gasteiger partial charge on any atom is 0.268 e. The minimum Gasteiger partial charge on any atom is -0.485 e. The van der Waals surface area contributed by atoms with Crippen molar-refractivity contribution in [3.63, 3.8) is 0 Å². The van der Waals surface area contributed by atoms with Crippen LogP contribution in [-0.4, -0.2) is 59.5 Å². The Bertz CT molecular complexity index is 873. The Hall–Kier alpha value is -3.03. The number of carbonyl (C=O) groups is 1. The van der Waals surface area contributed by atoms with Gasteiger partial charge >= 0.3 is 0 Å². The van der Waals surface area contributed by atoms with Gasteiger partial charge in [-0.3, -0.25) is 9.59 Å². The molecular formula is C18H20N4O4. The van der Waals surface area contributed by atoms with E-state index in [-0.39, 0.29) is 18.1 Å². The van der Waals surface area contributed by atoms with Crippen molar-refractivity contribution in [2.24, 2.45) is 7.05 Å². The largest absolute Gasteiger partial charge is 0.485 e. The number of benzene rings is 1. The summed E-state index contributed by atoms with van der Waals surface area (Å²) >= 11 is 0. The summed E-state index contributed by atoms with van der Waals surface area (Å²) < 4.78 is 12.7. The Morgan fingerprint density at radius 3 is 2.62 bits per heavy atom. The maximum absolute atomic E-state index is 12.7. The van der Waals surface area contributed by atoms with E-state index in [1.807, 2.05) is 18.2 Å². The summed E-state index contributed by atoms with van der Waals surface area (Å²) in [6.07, 6.45) is 1.05. The average Bonchev–Trinajstić information content (AvgIpc) is 2.69. The van der Waals surface area contributed by atoms with Crippen LogP contribution in [0.1, 0.15) is 0 Å². The summed E-state index contributed by atoms with van der Waals surface area (Å²) in [5.41, 5.74) is 0.638. The SMILES string of the molecule is Cn1ncc(N2CCN(C(=O)[C@H]3COc4ccccc4O3)CC2)cc1=O. The number of amides is 1. The number of aromatic nitrogens is 2. The molecule has 0 bridgehead atoms. The summed E-state index contributed by atoms with van der Waals surface area (Å²) in [6.45, 7) is 2.63. The zero-order chi connectivity index (χ0) is 18.1. The van der Waals surface area contributed by atoms with Crippen LogP contribution in [0.5, 0.6) is 11.5 Å². The fraction of sp³-hybridized carbons (Fsp3) is 0.389. The van der Waals surface area contributed by atoms with E-state index in [4.69, 9.17) is 9.47 Å². The monoisotopic (exact) mass is 356 g/mol. The number of rotatable bonds is 2. The van der Waals surface area contributed by atoms with E-state index in [1.54, 1.807) is 30.3 Å². The molecule has 8 nitrogen and oxygen atoms in total. The summed E-state index contributed by atoms with van der Waals surface area (Å²) in [4.78, 5) is 28.3. The number of hydrogen-bond acceptors (Lipinski definition) is 6. The molecule has 1 fully saturated rings. The Balaban J connectivity index is 1.38. The highest BCUT2D eigenvalue weighted by Crippen LogP contribution is 2.31. The van der Waals surface area contributed by atoms with Crippen LogP contribution in [-0.2, 0) is 11.8 Å². The molecule has 0 aliphatic carbocycles. The molecule has 0 radical (unpaired) electrons. The Kier molecular flexibility index (Phi) is 4.24. The van der Waals surface area contributed by atoms with Gasteiger partial charge < -0.3 is 19.3 Å². The van der Waals surface area contributed by atoms with Crippen LogP contribution < -0.4 is 19.9 Å². The second-order valence-corrected chi connectivity index (χ2v) is 6.35. The molecule has 26 heavy (non-hydrogen) atoms. The van der Waals surface area contributed by atoms with Crippen LogP contribution in [0.15, 0.2) is 41.3 Å². The van der Waals surface area contributed by atoms with E-state index in [2.05, 4.69) is 10.00 Å². The van der Waals surface area contributed by atoms with Crippen molar-refractivity contribution in [3.05, 3.63) is 46.9 Å². The smallest absolute Gasteiger partial charge is 0.268 e. The third kappa shape index (κ3) is 3.10. The number of fused-ring (bicyclic) bond motifs is 1. The molecule has 1 aromatic carbocycles. The third-order valence-corrected chi connectivity index (χ3v) is 4.69. The molecule has 3 heterocycles. The van der Waals surface area contributed by atoms with Crippen LogP contribution in [0.25, 0.3) is 0 Å². The Labute approximate surface area is 150 Å². The van der Waals surface area contributed by atoms with Crippen molar-refractivity contribution in [1.29, 1.82) is 0 Å².